The number of nitrogens with one attached hydrogen (secondary N) is 1. The maximum Gasteiger partial charge on any atom is 0.357 e. The highest BCUT2D eigenvalue weighted by molar-refractivity contribution is 5.95. The van der Waals surface area contributed by atoms with Gasteiger partial charge in [-0.25, -0.2) is 14.6 Å². The van der Waals surface area contributed by atoms with Crippen LogP contribution in [0.4, 0.5) is 5.82 Å². The molecular weight excluding hydrogens is 352 g/mol. The molecular formula is C18H16N4O5. The number of pyridine rings is 1. The molecule has 0 saturated carbocycles. The Morgan fingerprint density at radius 1 is 1.07 bits per heavy atom. The third kappa shape index (κ3) is 3.76. The molecule has 3 rings (SSSR count). The molecule has 1 N–H and O–H groups in total. The molecule has 0 atom stereocenters. The summed E-state index contributed by atoms with van der Waals surface area (Å²) >= 11 is 0. The monoisotopic (exact) mass is 368 g/mol. The molecule has 2 aromatic heterocycles. The van der Waals surface area contributed by atoms with E-state index in [9.17, 15) is 19.2 Å². The Kier molecular flexibility index (Phi) is 4.84. The Hall–Kier alpha value is -3.75. The summed E-state index contributed by atoms with van der Waals surface area (Å²) in [7, 11) is 2.73. The van der Waals surface area contributed by atoms with Gasteiger partial charge in [-0.3, -0.25) is 18.7 Å². The normalized spacial score (nSPS) is 10.6. The number of ether oxygens (including phenoxy) is 1. The van der Waals surface area contributed by atoms with Crippen LogP contribution in [0.3, 0.4) is 0 Å². The Balaban J connectivity index is 1.67. The van der Waals surface area contributed by atoms with E-state index in [1.165, 1.54) is 20.2 Å². The lowest BCUT2D eigenvalue weighted by Gasteiger charge is -2.11. The summed E-state index contributed by atoms with van der Waals surface area (Å²) in [5, 5.41) is 3.24. The van der Waals surface area contributed by atoms with Crippen molar-refractivity contribution >= 4 is 28.6 Å². The number of fused-ring (bicyclic) bond motifs is 1. The summed E-state index contributed by atoms with van der Waals surface area (Å²) in [4.78, 5) is 51.8. The second kappa shape index (κ2) is 7.24. The average Bonchev–Trinajstić information content (AvgIpc) is 2.68. The molecule has 27 heavy (non-hydrogen) atoms. The van der Waals surface area contributed by atoms with Crippen LogP contribution >= 0.6 is 0 Å². The van der Waals surface area contributed by atoms with Crippen LogP contribution in [0.25, 0.3) is 10.9 Å². The van der Waals surface area contributed by atoms with E-state index in [2.05, 4.69) is 10.3 Å². The van der Waals surface area contributed by atoms with Crippen molar-refractivity contribution in [3.05, 3.63) is 69.0 Å². The van der Waals surface area contributed by atoms with Crippen molar-refractivity contribution in [3.8, 4) is 0 Å². The molecule has 9 nitrogen and oxygen atoms in total. The van der Waals surface area contributed by atoms with Crippen LogP contribution in [0, 0.1) is 0 Å². The number of nitrogens with zero attached hydrogens (tertiary/aromatic N) is 3. The Morgan fingerprint density at radius 3 is 2.59 bits per heavy atom. The number of amides is 1. The lowest BCUT2D eigenvalue weighted by Crippen LogP contribution is -2.38. The van der Waals surface area contributed by atoms with Gasteiger partial charge in [-0.2, -0.15) is 0 Å². The topological polar surface area (TPSA) is 112 Å². The van der Waals surface area contributed by atoms with Gasteiger partial charge in [0.25, 0.3) is 11.5 Å². The van der Waals surface area contributed by atoms with Crippen molar-refractivity contribution in [1.29, 1.82) is 0 Å². The van der Waals surface area contributed by atoms with Crippen LogP contribution in [-0.4, -0.2) is 32.6 Å². The molecule has 0 unspecified atom stereocenters. The van der Waals surface area contributed by atoms with E-state index in [1.54, 1.807) is 18.2 Å². The highest BCUT2D eigenvalue weighted by Gasteiger charge is 2.14. The Labute approximate surface area is 152 Å². The zero-order chi connectivity index (χ0) is 19.6. The van der Waals surface area contributed by atoms with Gasteiger partial charge in [-0.15, -0.1) is 0 Å². The van der Waals surface area contributed by atoms with Crippen LogP contribution in [0.15, 0.2) is 52.1 Å². The lowest BCUT2D eigenvalue weighted by atomic mass is 10.2. The second-order valence-electron chi connectivity index (χ2n) is 5.78. The third-order valence-corrected chi connectivity index (χ3v) is 3.94. The highest BCUT2D eigenvalue weighted by atomic mass is 16.5. The summed E-state index contributed by atoms with van der Waals surface area (Å²) in [5.41, 5.74) is -0.449. The zero-order valence-electron chi connectivity index (χ0n) is 14.6. The summed E-state index contributed by atoms with van der Waals surface area (Å²) in [6, 6.07) is 11.6. The van der Waals surface area contributed by atoms with Gasteiger partial charge in [0, 0.05) is 25.5 Å². The second-order valence-corrected chi connectivity index (χ2v) is 5.78. The lowest BCUT2D eigenvalue weighted by molar-refractivity contribution is -0.119. The van der Waals surface area contributed by atoms with Crippen molar-refractivity contribution in [2.24, 2.45) is 14.1 Å². The van der Waals surface area contributed by atoms with E-state index in [0.717, 1.165) is 20.6 Å². The maximum absolute atomic E-state index is 12.1. The van der Waals surface area contributed by atoms with E-state index in [4.69, 9.17) is 4.74 Å². The molecule has 0 spiro atoms. The fourth-order valence-corrected chi connectivity index (χ4v) is 2.42. The van der Waals surface area contributed by atoms with Crippen molar-refractivity contribution < 1.29 is 14.3 Å². The third-order valence-electron chi connectivity index (χ3n) is 3.94. The molecule has 0 aliphatic heterocycles. The number of hydrogen-bond donors (Lipinski definition) is 1. The molecule has 0 fully saturated rings. The molecule has 0 saturated heterocycles. The van der Waals surface area contributed by atoms with Crippen LogP contribution < -0.4 is 16.6 Å². The number of carbonyl (C=O) groups is 2. The SMILES string of the molecule is Cn1c(NC(=O)COC(=O)c2ccc3ccccc3n2)cc(=O)n(C)c1=O. The first-order chi connectivity index (χ1) is 12.9. The van der Waals surface area contributed by atoms with Crippen molar-refractivity contribution in [2.45, 2.75) is 0 Å². The smallest absolute Gasteiger partial charge is 0.357 e. The van der Waals surface area contributed by atoms with E-state index in [1.807, 2.05) is 12.1 Å². The molecule has 3 aromatic rings. The number of carbonyl (C=O) groups excluding carboxylic acids is 2. The van der Waals surface area contributed by atoms with Gasteiger partial charge in [0.15, 0.2) is 6.61 Å². The first-order valence-electron chi connectivity index (χ1n) is 7.96. The van der Waals surface area contributed by atoms with Crippen LogP contribution in [0.5, 0.6) is 0 Å². The molecule has 0 aliphatic carbocycles. The fourth-order valence-electron chi connectivity index (χ4n) is 2.42. The molecule has 9 heteroatoms. The zero-order valence-corrected chi connectivity index (χ0v) is 14.6. The molecule has 138 valence electrons. The summed E-state index contributed by atoms with van der Waals surface area (Å²) in [5.74, 6) is -1.44. The summed E-state index contributed by atoms with van der Waals surface area (Å²) < 4.78 is 6.96. The van der Waals surface area contributed by atoms with Gasteiger partial charge in [0.1, 0.15) is 11.5 Å². The number of anilines is 1. The molecule has 0 radical (unpaired) electrons. The van der Waals surface area contributed by atoms with Gasteiger partial charge in [-0.05, 0) is 12.1 Å². The Morgan fingerprint density at radius 2 is 1.81 bits per heavy atom. The molecule has 0 bridgehead atoms. The van der Waals surface area contributed by atoms with Crippen molar-refractivity contribution in [3.63, 3.8) is 0 Å². The predicted octanol–water partition coefficient (Wildman–Crippen LogP) is 0.428. The van der Waals surface area contributed by atoms with Crippen LogP contribution in [-0.2, 0) is 23.6 Å². The van der Waals surface area contributed by atoms with E-state index >= 15 is 0 Å². The number of aromatic nitrogens is 3. The predicted molar refractivity (Wildman–Crippen MR) is 97.6 cm³/mol. The largest absolute Gasteiger partial charge is 0.451 e. The van der Waals surface area contributed by atoms with Crippen LogP contribution in [0.2, 0.25) is 0 Å². The maximum atomic E-state index is 12.1. The number of rotatable bonds is 4. The molecule has 0 aliphatic rings. The number of para-hydroxylation sites is 1. The Bertz CT molecular complexity index is 1160. The number of benzene rings is 1. The summed E-state index contributed by atoms with van der Waals surface area (Å²) in [6.07, 6.45) is 0. The van der Waals surface area contributed by atoms with Gasteiger partial charge in [0.05, 0.1) is 5.52 Å². The van der Waals surface area contributed by atoms with Gasteiger partial charge < -0.3 is 10.1 Å². The van der Waals surface area contributed by atoms with Gasteiger partial charge in [-0.1, -0.05) is 24.3 Å². The standard InChI is InChI=1S/C18H16N4O5/c1-21-14(9-16(24)22(2)18(21)26)20-15(23)10-27-17(25)13-8-7-11-5-3-4-6-12(11)19-13/h3-9H,10H2,1-2H3,(H,20,23). The first kappa shape index (κ1) is 18.1. The van der Waals surface area contributed by atoms with Gasteiger partial charge in [0.2, 0.25) is 0 Å². The minimum absolute atomic E-state index is 0.00739. The van der Waals surface area contributed by atoms with Crippen LogP contribution in [0.1, 0.15) is 10.5 Å². The highest BCUT2D eigenvalue weighted by Crippen LogP contribution is 2.12. The molecule has 1 amide bonds. The number of hydrogen-bond acceptors (Lipinski definition) is 6. The fraction of sp³-hybridized carbons (Fsp3) is 0.167. The van der Waals surface area contributed by atoms with E-state index in [0.29, 0.717) is 5.52 Å². The number of esters is 1. The minimum Gasteiger partial charge on any atom is -0.451 e. The molecule has 2 heterocycles. The molecule has 1 aromatic carbocycles. The summed E-state index contributed by atoms with van der Waals surface area (Å²) in [6.45, 7) is -0.587. The van der Waals surface area contributed by atoms with E-state index in [-0.39, 0.29) is 11.5 Å². The minimum atomic E-state index is -0.756. The average molecular weight is 368 g/mol. The van der Waals surface area contributed by atoms with Crippen molar-refractivity contribution in [1.82, 2.24) is 14.1 Å². The quantitative estimate of drug-likeness (QED) is 0.668. The van der Waals surface area contributed by atoms with Gasteiger partial charge >= 0.3 is 11.7 Å². The first-order valence-corrected chi connectivity index (χ1v) is 7.96. The van der Waals surface area contributed by atoms with Crippen molar-refractivity contribution in [2.75, 3.05) is 11.9 Å². The van der Waals surface area contributed by atoms with E-state index < -0.39 is 29.7 Å².